The van der Waals surface area contributed by atoms with Crippen LogP contribution in [0.4, 0.5) is 0 Å². The lowest BCUT2D eigenvalue weighted by atomic mass is 10.3. The molecule has 18 heavy (non-hydrogen) atoms. The van der Waals surface area contributed by atoms with Gasteiger partial charge in [-0.1, -0.05) is 0 Å². The second-order valence-corrected chi connectivity index (χ2v) is 5.07. The van der Waals surface area contributed by atoms with Crippen molar-refractivity contribution in [2.24, 2.45) is 0 Å². The monoisotopic (exact) mass is 375 g/mol. The zero-order valence-corrected chi connectivity index (χ0v) is 13.0. The van der Waals surface area contributed by atoms with E-state index >= 15 is 0 Å². The van der Waals surface area contributed by atoms with Crippen molar-refractivity contribution < 1.29 is 9.47 Å². The van der Waals surface area contributed by atoms with Gasteiger partial charge in [0.25, 0.3) is 0 Å². The molecule has 0 bridgehead atoms. The smallest absolute Gasteiger partial charge is 0.184 e. The highest BCUT2D eigenvalue weighted by Crippen LogP contribution is 2.30. The van der Waals surface area contributed by atoms with Crippen molar-refractivity contribution in [2.75, 3.05) is 14.2 Å². The number of pyridine rings is 1. The SMILES string of the molecule is COc1ccnc(Cn2nc(Br)cc2Br)c1OC. The molecule has 0 atom stereocenters. The maximum absolute atomic E-state index is 5.33. The molecule has 0 amide bonds. The number of methoxy groups -OCH3 is 2. The highest BCUT2D eigenvalue weighted by atomic mass is 79.9. The van der Waals surface area contributed by atoms with Gasteiger partial charge in [-0.3, -0.25) is 9.67 Å². The van der Waals surface area contributed by atoms with Crippen LogP contribution in [-0.4, -0.2) is 29.0 Å². The first-order chi connectivity index (χ1) is 8.65. The van der Waals surface area contributed by atoms with E-state index < -0.39 is 0 Å². The molecule has 5 nitrogen and oxygen atoms in total. The van der Waals surface area contributed by atoms with E-state index in [0.29, 0.717) is 18.0 Å². The van der Waals surface area contributed by atoms with Crippen molar-refractivity contribution in [1.29, 1.82) is 0 Å². The molecule has 0 unspecified atom stereocenters. The van der Waals surface area contributed by atoms with Crippen LogP contribution in [0.3, 0.4) is 0 Å². The molecule has 0 aliphatic rings. The maximum atomic E-state index is 5.33. The van der Waals surface area contributed by atoms with Crippen LogP contribution in [0.1, 0.15) is 5.69 Å². The van der Waals surface area contributed by atoms with Gasteiger partial charge in [-0.15, -0.1) is 0 Å². The summed E-state index contributed by atoms with van der Waals surface area (Å²) in [6, 6.07) is 3.63. The van der Waals surface area contributed by atoms with E-state index in [1.807, 2.05) is 6.07 Å². The minimum Gasteiger partial charge on any atom is -0.493 e. The van der Waals surface area contributed by atoms with Crippen molar-refractivity contribution in [3.8, 4) is 11.5 Å². The van der Waals surface area contributed by atoms with Gasteiger partial charge in [-0.2, -0.15) is 5.10 Å². The number of nitrogens with zero attached hydrogens (tertiary/aromatic N) is 3. The molecular formula is C11H11Br2N3O2. The van der Waals surface area contributed by atoms with Gasteiger partial charge in [0.05, 0.1) is 20.8 Å². The standard InChI is InChI=1S/C11H11Br2N3O2/c1-17-8-3-4-14-7(11(8)18-2)6-16-10(13)5-9(12)15-16/h3-5H,6H2,1-2H3. The Morgan fingerprint density at radius 3 is 2.61 bits per heavy atom. The summed E-state index contributed by atoms with van der Waals surface area (Å²) in [4.78, 5) is 4.30. The Morgan fingerprint density at radius 2 is 2.06 bits per heavy atom. The molecule has 0 saturated carbocycles. The Balaban J connectivity index is 2.37. The van der Waals surface area contributed by atoms with Crippen LogP contribution in [0.15, 0.2) is 27.5 Å². The first-order valence-electron chi connectivity index (χ1n) is 5.10. The summed E-state index contributed by atoms with van der Waals surface area (Å²) in [6.45, 7) is 0.493. The predicted octanol–water partition coefficient (Wildman–Crippen LogP) is 2.87. The van der Waals surface area contributed by atoms with Crippen LogP contribution >= 0.6 is 31.9 Å². The van der Waals surface area contributed by atoms with E-state index in [-0.39, 0.29) is 0 Å². The molecular weight excluding hydrogens is 366 g/mol. The van der Waals surface area contributed by atoms with E-state index in [9.17, 15) is 0 Å². The summed E-state index contributed by atoms with van der Waals surface area (Å²) >= 11 is 6.75. The quantitative estimate of drug-likeness (QED) is 0.823. The molecule has 2 aromatic rings. The Labute approximate surface area is 121 Å². The molecule has 0 aromatic carbocycles. The first-order valence-corrected chi connectivity index (χ1v) is 6.69. The summed E-state index contributed by atoms with van der Waals surface area (Å²) in [5.74, 6) is 1.28. The topological polar surface area (TPSA) is 49.2 Å². The van der Waals surface area contributed by atoms with Gasteiger partial charge in [-0.05, 0) is 31.9 Å². The lowest BCUT2D eigenvalue weighted by Crippen LogP contribution is -2.06. The molecule has 0 aliphatic carbocycles. The fourth-order valence-corrected chi connectivity index (χ4v) is 2.72. The third-order valence-corrected chi connectivity index (χ3v) is 3.39. The summed E-state index contributed by atoms with van der Waals surface area (Å²) in [6.07, 6.45) is 1.68. The van der Waals surface area contributed by atoms with Crippen LogP contribution < -0.4 is 9.47 Å². The fraction of sp³-hybridized carbons (Fsp3) is 0.273. The van der Waals surface area contributed by atoms with Crippen molar-refractivity contribution in [1.82, 2.24) is 14.8 Å². The highest BCUT2D eigenvalue weighted by Gasteiger charge is 2.13. The van der Waals surface area contributed by atoms with Crippen LogP contribution in [0.25, 0.3) is 0 Å². The number of hydrogen-bond acceptors (Lipinski definition) is 4. The Kier molecular flexibility index (Phi) is 4.23. The van der Waals surface area contributed by atoms with Gasteiger partial charge < -0.3 is 9.47 Å². The summed E-state index contributed by atoms with van der Waals surface area (Å²) in [5, 5.41) is 4.29. The zero-order chi connectivity index (χ0) is 13.1. The zero-order valence-electron chi connectivity index (χ0n) is 9.85. The van der Waals surface area contributed by atoms with Crippen LogP contribution in [0, 0.1) is 0 Å². The van der Waals surface area contributed by atoms with Gasteiger partial charge in [0.2, 0.25) is 0 Å². The largest absolute Gasteiger partial charge is 0.493 e. The first kappa shape index (κ1) is 13.4. The van der Waals surface area contributed by atoms with Crippen LogP contribution in [0.5, 0.6) is 11.5 Å². The van der Waals surface area contributed by atoms with Gasteiger partial charge >= 0.3 is 0 Å². The molecule has 0 N–H and O–H groups in total. The molecule has 2 rings (SSSR count). The van der Waals surface area contributed by atoms with E-state index in [0.717, 1.165) is 14.9 Å². The Hall–Kier alpha value is -1.08. The number of ether oxygens (including phenoxy) is 2. The van der Waals surface area contributed by atoms with E-state index in [2.05, 4.69) is 41.9 Å². The van der Waals surface area contributed by atoms with Crippen molar-refractivity contribution in [2.45, 2.75) is 6.54 Å². The molecule has 2 aromatic heterocycles. The Morgan fingerprint density at radius 1 is 1.28 bits per heavy atom. The molecule has 7 heteroatoms. The number of rotatable bonds is 4. The lowest BCUT2D eigenvalue weighted by molar-refractivity contribution is 0.348. The van der Waals surface area contributed by atoms with E-state index in [1.54, 1.807) is 31.2 Å². The molecule has 96 valence electrons. The van der Waals surface area contributed by atoms with E-state index in [4.69, 9.17) is 9.47 Å². The van der Waals surface area contributed by atoms with Crippen molar-refractivity contribution >= 4 is 31.9 Å². The van der Waals surface area contributed by atoms with Crippen LogP contribution in [-0.2, 0) is 6.54 Å². The second kappa shape index (κ2) is 5.71. The van der Waals surface area contributed by atoms with Gasteiger partial charge in [0.1, 0.15) is 14.9 Å². The number of aromatic nitrogens is 3. The third-order valence-electron chi connectivity index (χ3n) is 2.37. The molecule has 0 saturated heterocycles. The predicted molar refractivity (Wildman–Crippen MR) is 74.1 cm³/mol. The van der Waals surface area contributed by atoms with Gasteiger partial charge in [-0.25, -0.2) is 0 Å². The third kappa shape index (κ3) is 2.67. The Bertz CT molecular complexity index is 557. The van der Waals surface area contributed by atoms with Gasteiger partial charge in [0.15, 0.2) is 11.5 Å². The number of hydrogen-bond donors (Lipinski definition) is 0. The minimum absolute atomic E-state index is 0.493. The van der Waals surface area contributed by atoms with Gasteiger partial charge in [0, 0.05) is 18.3 Å². The normalized spacial score (nSPS) is 10.4. The molecule has 0 spiro atoms. The van der Waals surface area contributed by atoms with Crippen LogP contribution in [0.2, 0.25) is 0 Å². The van der Waals surface area contributed by atoms with Crippen molar-refractivity contribution in [3.63, 3.8) is 0 Å². The average molecular weight is 377 g/mol. The maximum Gasteiger partial charge on any atom is 0.184 e. The molecule has 0 fully saturated rings. The summed E-state index contributed by atoms with van der Waals surface area (Å²) < 4.78 is 14.0. The highest BCUT2D eigenvalue weighted by molar-refractivity contribution is 9.11. The molecule has 2 heterocycles. The summed E-state index contributed by atoms with van der Waals surface area (Å²) in [7, 11) is 3.19. The van der Waals surface area contributed by atoms with E-state index in [1.165, 1.54) is 0 Å². The van der Waals surface area contributed by atoms with Crippen molar-refractivity contribution in [3.05, 3.63) is 33.2 Å². The second-order valence-electron chi connectivity index (χ2n) is 3.44. The molecule has 0 radical (unpaired) electrons. The fourth-order valence-electron chi connectivity index (χ4n) is 1.58. The lowest BCUT2D eigenvalue weighted by Gasteiger charge is -2.11. The minimum atomic E-state index is 0.493. The molecule has 0 aliphatic heterocycles. The summed E-state index contributed by atoms with van der Waals surface area (Å²) in [5.41, 5.74) is 0.758. The number of halogens is 2. The average Bonchev–Trinajstić information content (AvgIpc) is 2.67.